The normalized spacial score (nSPS) is 13.7. The van der Waals surface area contributed by atoms with Gasteiger partial charge in [0.25, 0.3) is 0 Å². The molecule has 10 nitrogen and oxygen atoms in total. The maximum absolute atomic E-state index is 11.8. The summed E-state index contributed by atoms with van der Waals surface area (Å²) in [6.07, 6.45) is 0. The number of para-hydroxylation sites is 4. The number of nitrogens with zero attached hydrogens (tertiary/aromatic N) is 6. The summed E-state index contributed by atoms with van der Waals surface area (Å²) in [6.45, 7) is 17.4. The van der Waals surface area contributed by atoms with Gasteiger partial charge in [-0.3, -0.25) is 0 Å². The quantitative estimate of drug-likeness (QED) is 0.121. The van der Waals surface area contributed by atoms with Gasteiger partial charge in [0.15, 0.2) is 0 Å². The largest absolute Gasteiger partial charge is 0.743 e. The van der Waals surface area contributed by atoms with Crippen LogP contribution in [-0.2, 0) is 0 Å². The molecule has 0 saturated carbocycles. The van der Waals surface area contributed by atoms with Crippen LogP contribution in [-0.4, -0.2) is 33.4 Å². The lowest BCUT2D eigenvalue weighted by atomic mass is 9.99. The molecule has 0 fully saturated rings. The fraction of sp³-hybridized carbons (Fsp3) is 0.0769. The van der Waals surface area contributed by atoms with Crippen molar-refractivity contribution in [3.05, 3.63) is 188 Å². The molecule has 0 aliphatic carbocycles. The third-order valence-electron chi connectivity index (χ3n) is 12.2. The molecule has 66 heavy (non-hydrogen) atoms. The van der Waals surface area contributed by atoms with Crippen LogP contribution >= 0.6 is 22.7 Å². The fourth-order valence-electron chi connectivity index (χ4n) is 9.18. The molecule has 6 heterocycles. The van der Waals surface area contributed by atoms with Gasteiger partial charge in [-0.25, -0.2) is 14.8 Å². The standard InChI is InChI=1S/C52H34B2N6O4S2/c1-29-22-24-42-36(26-29)57-51(65-42)35(28-55)49-44-45(48(34-17-9-7-15-32(34)4)59(49)53-61-38-18-10-11-19-39(38)62-53)50(46(56-5)52-58-37-27-30(2)23-25-43(37)66-52)60(47(44)33-16-8-6-14-31(33)3)54-63-40-20-12-13-21-41(40)64-54/h6-27H,1-4H3/b49-35-,50-46+. The van der Waals surface area contributed by atoms with Crippen molar-refractivity contribution >= 4 is 79.7 Å². The van der Waals surface area contributed by atoms with E-state index in [4.69, 9.17) is 28.6 Å². The predicted molar refractivity (Wildman–Crippen MR) is 263 cm³/mol. The van der Waals surface area contributed by atoms with Crippen LogP contribution in [0.4, 0.5) is 0 Å². The highest BCUT2D eigenvalue weighted by molar-refractivity contribution is 7.20. The van der Waals surface area contributed by atoms with Gasteiger partial charge in [0.2, 0.25) is 5.70 Å². The summed E-state index contributed by atoms with van der Waals surface area (Å²) >= 11 is 2.90. The van der Waals surface area contributed by atoms with Crippen LogP contribution in [0.15, 0.2) is 133 Å². The van der Waals surface area contributed by atoms with E-state index in [1.165, 1.54) is 22.7 Å². The Morgan fingerprint density at radius 2 is 1.00 bits per heavy atom. The SMILES string of the molecule is [C-]#[N+]/C(c1nc2cc(C)ccc2s1)=c1\c2c(-c3ccccc3C)n(B3Oc4ccccc4O3)/c(=C(/C#N)c3nc4cc(C)ccc4s3)c2c(-c2ccccc2C)n1B1Oc2ccccc2O1. The highest BCUT2D eigenvalue weighted by Crippen LogP contribution is 2.43. The smallest absolute Gasteiger partial charge is 0.503 e. The Hall–Kier alpha value is -8.03. The van der Waals surface area contributed by atoms with Crippen molar-refractivity contribution in [2.75, 3.05) is 0 Å². The zero-order chi connectivity index (χ0) is 44.8. The number of fused-ring (bicyclic) bond motifs is 5. The molecule has 0 N–H and O–H groups in total. The van der Waals surface area contributed by atoms with Crippen LogP contribution in [0.2, 0.25) is 0 Å². The maximum Gasteiger partial charge on any atom is 0.743 e. The predicted octanol–water partition coefficient (Wildman–Crippen LogP) is 10.6. The van der Waals surface area contributed by atoms with Crippen LogP contribution < -0.4 is 29.3 Å². The molecular formula is C52H34B2N6O4S2. The highest BCUT2D eigenvalue weighted by atomic mass is 32.1. The average molecular weight is 893 g/mol. The van der Waals surface area contributed by atoms with Crippen LogP contribution in [0.5, 0.6) is 23.0 Å². The number of aromatic nitrogens is 4. The Kier molecular flexibility index (Phi) is 9.17. The Bertz CT molecular complexity index is 3610. The summed E-state index contributed by atoms with van der Waals surface area (Å²) in [7, 11) is -2.17. The second-order valence-electron chi connectivity index (χ2n) is 16.4. The van der Waals surface area contributed by atoms with Gasteiger partial charge in [0.1, 0.15) is 44.7 Å². The van der Waals surface area contributed by atoms with Crippen molar-refractivity contribution in [3.8, 4) is 51.6 Å². The van der Waals surface area contributed by atoms with Gasteiger partial charge >= 0.3 is 14.5 Å². The zero-order valence-corrected chi connectivity index (χ0v) is 37.6. The Morgan fingerprint density at radius 1 is 0.576 bits per heavy atom. The van der Waals surface area contributed by atoms with E-state index in [9.17, 15) is 11.8 Å². The van der Waals surface area contributed by atoms with E-state index in [-0.39, 0.29) is 5.70 Å². The monoisotopic (exact) mass is 892 g/mol. The van der Waals surface area contributed by atoms with Crippen molar-refractivity contribution in [1.29, 1.82) is 5.26 Å². The number of hydrogen-bond donors (Lipinski definition) is 0. The summed E-state index contributed by atoms with van der Waals surface area (Å²) < 4.78 is 33.1. The molecule has 0 bridgehead atoms. The molecule has 2 aliphatic rings. The van der Waals surface area contributed by atoms with E-state index in [0.29, 0.717) is 71.4 Å². The lowest BCUT2D eigenvalue weighted by molar-refractivity contribution is 0.479. The van der Waals surface area contributed by atoms with E-state index in [0.717, 1.165) is 53.8 Å². The maximum atomic E-state index is 11.8. The van der Waals surface area contributed by atoms with Crippen molar-refractivity contribution in [2.45, 2.75) is 27.7 Å². The summed E-state index contributed by atoms with van der Waals surface area (Å²) in [5, 5.41) is 15.1. The molecule has 0 atom stereocenters. The fourth-order valence-corrected chi connectivity index (χ4v) is 11.1. The molecule has 0 radical (unpaired) electrons. The number of rotatable bonds is 6. The van der Waals surface area contributed by atoms with Crippen molar-refractivity contribution < 1.29 is 18.6 Å². The second kappa shape index (κ2) is 15.3. The first-order valence-electron chi connectivity index (χ1n) is 21.3. The highest BCUT2D eigenvalue weighted by Gasteiger charge is 2.45. The first kappa shape index (κ1) is 39.6. The average Bonchev–Trinajstić information content (AvgIpc) is 4.18. The molecule has 2 aliphatic heterocycles. The summed E-state index contributed by atoms with van der Waals surface area (Å²) in [5.74, 6) is 2.24. The number of nitriles is 1. The first-order valence-corrected chi connectivity index (χ1v) is 23.0. The lowest BCUT2D eigenvalue weighted by Crippen LogP contribution is -2.44. The Labute approximate surface area is 387 Å². The number of benzene rings is 6. The second-order valence-corrected chi connectivity index (χ2v) is 18.5. The topological polar surface area (TPSA) is 101 Å². The zero-order valence-electron chi connectivity index (χ0n) is 36.0. The van der Waals surface area contributed by atoms with E-state index >= 15 is 0 Å². The minimum Gasteiger partial charge on any atom is -0.503 e. The first-order chi connectivity index (χ1) is 32.3. The molecule has 0 amide bonds. The number of aryl methyl sites for hydroxylation is 4. The van der Waals surface area contributed by atoms with Gasteiger partial charge in [-0.2, -0.15) is 5.26 Å². The summed E-state index contributed by atoms with van der Waals surface area (Å²) in [5.41, 5.74) is 9.19. The van der Waals surface area contributed by atoms with Gasteiger partial charge < -0.3 is 27.6 Å². The van der Waals surface area contributed by atoms with Crippen LogP contribution in [0.25, 0.3) is 69.8 Å². The Morgan fingerprint density at radius 3 is 1.47 bits per heavy atom. The third-order valence-corrected chi connectivity index (χ3v) is 14.3. The van der Waals surface area contributed by atoms with E-state index in [1.54, 1.807) is 0 Å². The molecule has 0 unspecified atom stereocenters. The van der Waals surface area contributed by atoms with Gasteiger partial charge in [-0.05, 0) is 98.5 Å². The van der Waals surface area contributed by atoms with Crippen molar-refractivity contribution in [1.82, 2.24) is 18.9 Å². The van der Waals surface area contributed by atoms with Crippen LogP contribution in [0.3, 0.4) is 0 Å². The lowest BCUT2D eigenvalue weighted by Gasteiger charge is -2.18. The van der Waals surface area contributed by atoms with Crippen molar-refractivity contribution in [3.63, 3.8) is 0 Å². The summed E-state index contributed by atoms with van der Waals surface area (Å²) in [4.78, 5) is 14.8. The van der Waals surface area contributed by atoms with E-state index in [2.05, 4.69) is 61.2 Å². The third kappa shape index (κ3) is 6.14. The molecule has 0 spiro atoms. The number of thiazole rings is 2. The minimum atomic E-state index is -1.09. The molecule has 314 valence electrons. The molecule has 4 aromatic heterocycles. The van der Waals surface area contributed by atoms with E-state index in [1.807, 2.05) is 120 Å². The van der Waals surface area contributed by atoms with Crippen LogP contribution in [0.1, 0.15) is 32.3 Å². The van der Waals surface area contributed by atoms with Crippen LogP contribution in [0, 0.1) is 45.6 Å². The molecule has 0 saturated heterocycles. The van der Waals surface area contributed by atoms with E-state index < -0.39 is 14.5 Å². The summed E-state index contributed by atoms with van der Waals surface area (Å²) in [6, 6.07) is 46.3. The molecule has 14 heteroatoms. The van der Waals surface area contributed by atoms with Gasteiger partial charge in [-0.15, -0.1) is 22.7 Å². The minimum absolute atomic E-state index is 0.283. The molecule has 10 aromatic rings. The van der Waals surface area contributed by atoms with Gasteiger partial charge in [0.05, 0.1) is 49.1 Å². The molecule has 12 rings (SSSR count). The van der Waals surface area contributed by atoms with Gasteiger partial charge in [0, 0.05) is 21.9 Å². The Balaban J connectivity index is 1.37. The van der Waals surface area contributed by atoms with Crippen molar-refractivity contribution in [2.24, 2.45) is 0 Å². The molecular weight excluding hydrogens is 858 g/mol. The molecule has 6 aromatic carbocycles. The van der Waals surface area contributed by atoms with Gasteiger partial charge in [-0.1, -0.05) is 84.9 Å². The number of hydrogen-bond acceptors (Lipinski definition) is 9.